The Hall–Kier alpha value is -0.770. The van der Waals surface area contributed by atoms with Gasteiger partial charge < -0.3 is 15.0 Å². The van der Waals surface area contributed by atoms with Gasteiger partial charge in [0.05, 0.1) is 12.6 Å². The standard InChI is InChI=1S/C10H18N2O2/c1-2-3-4-14-10(13)12-7-8-5-11-6-9(8)12/h8-9,11H,2-7H2,1H3. The van der Waals surface area contributed by atoms with Crippen molar-refractivity contribution in [3.05, 3.63) is 0 Å². The number of amides is 1. The lowest BCUT2D eigenvalue weighted by Crippen LogP contribution is -2.58. The molecule has 1 amide bonds. The van der Waals surface area contributed by atoms with Crippen molar-refractivity contribution >= 4 is 6.09 Å². The minimum atomic E-state index is -0.122. The van der Waals surface area contributed by atoms with E-state index in [4.69, 9.17) is 4.74 Å². The molecule has 14 heavy (non-hydrogen) atoms. The summed E-state index contributed by atoms with van der Waals surface area (Å²) in [5.41, 5.74) is 0. The van der Waals surface area contributed by atoms with Gasteiger partial charge in [-0.05, 0) is 6.42 Å². The van der Waals surface area contributed by atoms with Crippen LogP contribution in [0.4, 0.5) is 4.79 Å². The van der Waals surface area contributed by atoms with E-state index in [0.29, 0.717) is 18.6 Å². The second-order valence-corrected chi connectivity index (χ2v) is 4.11. The van der Waals surface area contributed by atoms with E-state index in [-0.39, 0.29) is 6.09 Å². The van der Waals surface area contributed by atoms with Crippen LogP contribution in [0, 0.1) is 5.92 Å². The molecule has 0 saturated carbocycles. The smallest absolute Gasteiger partial charge is 0.410 e. The van der Waals surface area contributed by atoms with E-state index in [1.165, 1.54) is 0 Å². The number of fused-ring (bicyclic) bond motifs is 1. The van der Waals surface area contributed by atoms with E-state index in [9.17, 15) is 4.79 Å². The van der Waals surface area contributed by atoms with E-state index < -0.39 is 0 Å². The molecule has 0 aliphatic carbocycles. The molecule has 2 rings (SSSR count). The van der Waals surface area contributed by atoms with Crippen LogP contribution in [-0.2, 0) is 4.74 Å². The molecule has 2 aliphatic rings. The third kappa shape index (κ3) is 1.71. The minimum Gasteiger partial charge on any atom is -0.449 e. The second-order valence-electron chi connectivity index (χ2n) is 4.11. The van der Waals surface area contributed by atoms with Gasteiger partial charge >= 0.3 is 6.09 Å². The van der Waals surface area contributed by atoms with Crippen LogP contribution in [0.5, 0.6) is 0 Å². The highest BCUT2D eigenvalue weighted by molar-refractivity contribution is 5.69. The summed E-state index contributed by atoms with van der Waals surface area (Å²) in [6.07, 6.45) is 1.91. The number of nitrogens with zero attached hydrogens (tertiary/aromatic N) is 1. The normalized spacial score (nSPS) is 29.6. The predicted octanol–water partition coefficient (Wildman–Crippen LogP) is 0.827. The van der Waals surface area contributed by atoms with Gasteiger partial charge in [-0.3, -0.25) is 0 Å². The molecular formula is C10H18N2O2. The fraction of sp³-hybridized carbons (Fsp3) is 0.900. The summed E-state index contributed by atoms with van der Waals surface area (Å²) >= 11 is 0. The van der Waals surface area contributed by atoms with Gasteiger partial charge in [-0.2, -0.15) is 0 Å². The number of carbonyl (C=O) groups is 1. The highest BCUT2D eigenvalue weighted by atomic mass is 16.6. The Morgan fingerprint density at radius 2 is 2.43 bits per heavy atom. The van der Waals surface area contributed by atoms with Crippen LogP contribution in [0.3, 0.4) is 0 Å². The predicted molar refractivity (Wildman–Crippen MR) is 53.1 cm³/mol. The number of carbonyl (C=O) groups excluding carboxylic acids is 1. The fourth-order valence-electron chi connectivity index (χ4n) is 2.12. The summed E-state index contributed by atoms with van der Waals surface area (Å²) in [5.74, 6) is 0.675. The molecule has 1 N–H and O–H groups in total. The van der Waals surface area contributed by atoms with Gasteiger partial charge in [-0.15, -0.1) is 0 Å². The molecule has 2 unspecified atom stereocenters. The van der Waals surface area contributed by atoms with Crippen LogP contribution >= 0.6 is 0 Å². The first-order valence-electron chi connectivity index (χ1n) is 5.47. The molecule has 2 saturated heterocycles. The summed E-state index contributed by atoms with van der Waals surface area (Å²) in [7, 11) is 0. The Bertz CT molecular complexity index is 220. The Morgan fingerprint density at radius 3 is 3.14 bits per heavy atom. The van der Waals surface area contributed by atoms with Gasteiger partial charge in [0.25, 0.3) is 0 Å². The zero-order valence-electron chi connectivity index (χ0n) is 8.66. The van der Waals surface area contributed by atoms with E-state index in [1.807, 2.05) is 4.90 Å². The molecule has 0 aromatic carbocycles. The largest absolute Gasteiger partial charge is 0.449 e. The maximum Gasteiger partial charge on any atom is 0.410 e. The Labute approximate surface area is 84.6 Å². The molecule has 0 bridgehead atoms. The lowest BCUT2D eigenvalue weighted by atomic mass is 9.93. The van der Waals surface area contributed by atoms with E-state index >= 15 is 0 Å². The maximum atomic E-state index is 11.5. The fourth-order valence-corrected chi connectivity index (χ4v) is 2.12. The first kappa shape index (κ1) is 9.77. The number of hydrogen-bond donors (Lipinski definition) is 1. The molecule has 0 aromatic heterocycles. The molecule has 0 spiro atoms. The average molecular weight is 198 g/mol. The quantitative estimate of drug-likeness (QED) is 0.683. The van der Waals surface area contributed by atoms with Gasteiger partial charge in [-0.1, -0.05) is 13.3 Å². The van der Waals surface area contributed by atoms with Gasteiger partial charge in [0.1, 0.15) is 0 Å². The van der Waals surface area contributed by atoms with Gasteiger partial charge in [0.15, 0.2) is 0 Å². The highest BCUT2D eigenvalue weighted by Crippen LogP contribution is 2.28. The third-order valence-corrected chi connectivity index (χ3v) is 3.09. The first-order valence-corrected chi connectivity index (χ1v) is 5.47. The van der Waals surface area contributed by atoms with Crippen LogP contribution < -0.4 is 5.32 Å². The lowest BCUT2D eigenvalue weighted by Gasteiger charge is -2.42. The molecule has 0 radical (unpaired) electrons. The summed E-state index contributed by atoms with van der Waals surface area (Å²) in [6, 6.07) is 0.407. The highest BCUT2D eigenvalue weighted by Gasteiger charge is 2.45. The minimum absolute atomic E-state index is 0.122. The summed E-state index contributed by atoms with van der Waals surface area (Å²) < 4.78 is 5.15. The van der Waals surface area contributed by atoms with Gasteiger partial charge in [-0.25, -0.2) is 4.79 Å². The van der Waals surface area contributed by atoms with Gasteiger partial charge in [0, 0.05) is 25.6 Å². The van der Waals surface area contributed by atoms with Crippen molar-refractivity contribution in [3.63, 3.8) is 0 Å². The molecule has 0 aromatic rings. The average Bonchev–Trinajstić information content (AvgIpc) is 2.48. The zero-order valence-corrected chi connectivity index (χ0v) is 8.66. The van der Waals surface area contributed by atoms with Crippen molar-refractivity contribution in [2.75, 3.05) is 26.2 Å². The maximum absolute atomic E-state index is 11.5. The van der Waals surface area contributed by atoms with Crippen molar-refractivity contribution in [3.8, 4) is 0 Å². The first-order chi connectivity index (χ1) is 6.83. The van der Waals surface area contributed by atoms with Crippen LogP contribution in [0.2, 0.25) is 0 Å². The molecule has 2 atom stereocenters. The van der Waals surface area contributed by atoms with Crippen LogP contribution in [0.15, 0.2) is 0 Å². The molecule has 4 nitrogen and oxygen atoms in total. The van der Waals surface area contributed by atoms with Crippen LogP contribution in [0.1, 0.15) is 19.8 Å². The van der Waals surface area contributed by atoms with E-state index in [0.717, 1.165) is 32.5 Å². The topological polar surface area (TPSA) is 41.6 Å². The SMILES string of the molecule is CCCCOC(=O)N1CC2CNCC21. The molecule has 2 aliphatic heterocycles. The molecule has 2 fully saturated rings. The number of unbranched alkanes of at least 4 members (excludes halogenated alkanes) is 1. The van der Waals surface area contributed by atoms with E-state index in [1.54, 1.807) is 0 Å². The summed E-state index contributed by atoms with van der Waals surface area (Å²) in [5, 5.41) is 3.29. The lowest BCUT2D eigenvalue weighted by molar-refractivity contribution is 0.0279. The third-order valence-electron chi connectivity index (χ3n) is 3.09. The number of hydrogen-bond acceptors (Lipinski definition) is 3. The Kier molecular flexibility index (Phi) is 2.91. The van der Waals surface area contributed by atoms with Crippen molar-refractivity contribution in [2.45, 2.75) is 25.8 Å². The second kappa shape index (κ2) is 4.17. The number of rotatable bonds is 3. The summed E-state index contributed by atoms with van der Waals surface area (Å²) in [6.45, 7) is 5.53. The Balaban J connectivity index is 1.71. The van der Waals surface area contributed by atoms with Crippen LogP contribution in [-0.4, -0.2) is 43.3 Å². The molecule has 4 heteroatoms. The monoisotopic (exact) mass is 198 g/mol. The van der Waals surface area contributed by atoms with E-state index in [2.05, 4.69) is 12.2 Å². The van der Waals surface area contributed by atoms with Crippen molar-refractivity contribution < 1.29 is 9.53 Å². The van der Waals surface area contributed by atoms with Crippen LogP contribution in [0.25, 0.3) is 0 Å². The molecule has 80 valence electrons. The zero-order chi connectivity index (χ0) is 9.97. The summed E-state index contributed by atoms with van der Waals surface area (Å²) in [4.78, 5) is 13.4. The van der Waals surface area contributed by atoms with Crippen molar-refractivity contribution in [2.24, 2.45) is 5.92 Å². The number of nitrogens with one attached hydrogen (secondary N) is 1. The Morgan fingerprint density at radius 1 is 1.57 bits per heavy atom. The molecule has 2 heterocycles. The number of ether oxygens (including phenoxy) is 1. The number of likely N-dealkylation sites (tertiary alicyclic amines) is 1. The van der Waals surface area contributed by atoms with Crippen molar-refractivity contribution in [1.29, 1.82) is 0 Å². The molecular weight excluding hydrogens is 180 g/mol. The van der Waals surface area contributed by atoms with Gasteiger partial charge in [0.2, 0.25) is 0 Å². The van der Waals surface area contributed by atoms with Crippen molar-refractivity contribution in [1.82, 2.24) is 10.2 Å².